The van der Waals surface area contributed by atoms with Gasteiger partial charge in [-0.3, -0.25) is 14.8 Å². The molecule has 2 aromatic carbocycles. The summed E-state index contributed by atoms with van der Waals surface area (Å²) in [6.07, 6.45) is 2.01. The van der Waals surface area contributed by atoms with E-state index in [4.69, 9.17) is 5.21 Å². The third-order valence-corrected chi connectivity index (χ3v) is 3.96. The SMILES string of the molecule is CCCN(C(=O)Cc1ccc(CCC(=O)NO)cc1)c1ccccc1. The van der Waals surface area contributed by atoms with Crippen LogP contribution in [0.5, 0.6) is 0 Å². The number of para-hydroxylation sites is 1. The number of carbonyl (C=O) groups excluding carboxylic acids is 2. The summed E-state index contributed by atoms with van der Waals surface area (Å²) in [5, 5.41) is 8.50. The van der Waals surface area contributed by atoms with Gasteiger partial charge in [-0.25, -0.2) is 5.48 Å². The Labute approximate surface area is 148 Å². The van der Waals surface area contributed by atoms with Gasteiger partial charge in [0.05, 0.1) is 6.42 Å². The molecule has 0 bridgehead atoms. The Balaban J connectivity index is 1.99. The van der Waals surface area contributed by atoms with Crippen molar-refractivity contribution in [3.05, 3.63) is 65.7 Å². The summed E-state index contributed by atoms with van der Waals surface area (Å²) >= 11 is 0. The maximum Gasteiger partial charge on any atom is 0.243 e. The Kier molecular flexibility index (Phi) is 7.16. The number of carbonyl (C=O) groups is 2. The summed E-state index contributed by atoms with van der Waals surface area (Å²) in [6.45, 7) is 2.75. The van der Waals surface area contributed by atoms with Gasteiger partial charge in [-0.05, 0) is 36.1 Å². The van der Waals surface area contributed by atoms with E-state index in [1.54, 1.807) is 5.48 Å². The third-order valence-electron chi connectivity index (χ3n) is 3.96. The number of anilines is 1. The molecule has 5 heteroatoms. The quantitative estimate of drug-likeness (QED) is 0.573. The van der Waals surface area contributed by atoms with Gasteiger partial charge in [0.15, 0.2) is 0 Å². The molecule has 2 N–H and O–H groups in total. The van der Waals surface area contributed by atoms with Crippen LogP contribution >= 0.6 is 0 Å². The summed E-state index contributed by atoms with van der Waals surface area (Å²) in [6, 6.07) is 17.4. The highest BCUT2D eigenvalue weighted by molar-refractivity contribution is 5.94. The topological polar surface area (TPSA) is 69.6 Å². The van der Waals surface area contributed by atoms with Crippen LogP contribution in [0.1, 0.15) is 30.9 Å². The minimum atomic E-state index is -0.405. The van der Waals surface area contributed by atoms with Crippen molar-refractivity contribution in [3.63, 3.8) is 0 Å². The molecule has 2 rings (SSSR count). The van der Waals surface area contributed by atoms with Crippen LogP contribution in [0.3, 0.4) is 0 Å². The minimum Gasteiger partial charge on any atom is -0.312 e. The number of aryl methyl sites for hydroxylation is 1. The lowest BCUT2D eigenvalue weighted by atomic mass is 10.0. The molecule has 0 atom stereocenters. The predicted octanol–water partition coefficient (Wildman–Crippen LogP) is 3.11. The minimum absolute atomic E-state index is 0.0699. The number of nitrogens with one attached hydrogen (secondary N) is 1. The highest BCUT2D eigenvalue weighted by Crippen LogP contribution is 2.16. The van der Waals surface area contributed by atoms with Gasteiger partial charge in [0.25, 0.3) is 0 Å². The van der Waals surface area contributed by atoms with Gasteiger partial charge < -0.3 is 4.90 Å². The number of nitrogens with zero attached hydrogens (tertiary/aromatic N) is 1. The van der Waals surface area contributed by atoms with Crippen molar-refractivity contribution < 1.29 is 14.8 Å². The molecule has 0 aliphatic rings. The van der Waals surface area contributed by atoms with Crippen molar-refractivity contribution in [2.75, 3.05) is 11.4 Å². The van der Waals surface area contributed by atoms with Crippen molar-refractivity contribution >= 4 is 17.5 Å². The van der Waals surface area contributed by atoms with Gasteiger partial charge in [0.1, 0.15) is 0 Å². The Morgan fingerprint density at radius 2 is 1.64 bits per heavy atom. The Morgan fingerprint density at radius 3 is 2.24 bits per heavy atom. The predicted molar refractivity (Wildman–Crippen MR) is 97.5 cm³/mol. The van der Waals surface area contributed by atoms with Gasteiger partial charge in [-0.1, -0.05) is 49.4 Å². The Bertz CT molecular complexity index is 684. The molecule has 0 fully saturated rings. The average molecular weight is 340 g/mol. The maximum absolute atomic E-state index is 12.7. The lowest BCUT2D eigenvalue weighted by molar-refractivity contribution is -0.129. The van der Waals surface area contributed by atoms with E-state index < -0.39 is 5.91 Å². The van der Waals surface area contributed by atoms with Gasteiger partial charge in [-0.15, -0.1) is 0 Å². The molecule has 25 heavy (non-hydrogen) atoms. The molecular weight excluding hydrogens is 316 g/mol. The largest absolute Gasteiger partial charge is 0.312 e. The van der Waals surface area contributed by atoms with Crippen LogP contribution in [0.4, 0.5) is 5.69 Å². The van der Waals surface area contributed by atoms with E-state index in [-0.39, 0.29) is 12.3 Å². The normalized spacial score (nSPS) is 10.3. The number of hydrogen-bond donors (Lipinski definition) is 2. The van der Waals surface area contributed by atoms with Crippen molar-refractivity contribution in [3.8, 4) is 0 Å². The molecule has 0 spiro atoms. The van der Waals surface area contributed by atoms with E-state index in [1.807, 2.05) is 59.5 Å². The molecule has 0 aliphatic heterocycles. The summed E-state index contributed by atoms with van der Waals surface area (Å²) in [7, 11) is 0. The fourth-order valence-corrected chi connectivity index (χ4v) is 2.64. The van der Waals surface area contributed by atoms with Gasteiger partial charge >= 0.3 is 0 Å². The molecule has 0 aliphatic carbocycles. The number of benzene rings is 2. The highest BCUT2D eigenvalue weighted by Gasteiger charge is 2.15. The molecule has 0 unspecified atom stereocenters. The van der Waals surface area contributed by atoms with Crippen LogP contribution in [0.15, 0.2) is 54.6 Å². The van der Waals surface area contributed by atoms with Crippen LogP contribution in [0, 0.1) is 0 Å². The molecule has 132 valence electrons. The first-order valence-electron chi connectivity index (χ1n) is 8.50. The molecule has 0 heterocycles. The Hall–Kier alpha value is -2.66. The zero-order valence-electron chi connectivity index (χ0n) is 14.4. The van der Waals surface area contributed by atoms with Crippen LogP contribution < -0.4 is 10.4 Å². The van der Waals surface area contributed by atoms with E-state index in [1.165, 1.54) is 0 Å². The van der Waals surface area contributed by atoms with E-state index in [0.717, 1.165) is 23.2 Å². The molecule has 0 saturated carbocycles. The zero-order valence-corrected chi connectivity index (χ0v) is 14.4. The van der Waals surface area contributed by atoms with E-state index in [0.29, 0.717) is 19.4 Å². The van der Waals surface area contributed by atoms with Crippen molar-refractivity contribution in [1.29, 1.82) is 0 Å². The standard InChI is InChI=1S/C20H24N2O3/c1-2-14-22(18-6-4-3-5-7-18)20(24)15-17-10-8-16(9-11-17)12-13-19(23)21-25/h3-11,25H,2,12-15H2,1H3,(H,21,23). The first-order chi connectivity index (χ1) is 12.1. The molecule has 5 nitrogen and oxygen atoms in total. The van der Waals surface area contributed by atoms with E-state index in [2.05, 4.69) is 6.92 Å². The van der Waals surface area contributed by atoms with Crippen molar-refractivity contribution in [1.82, 2.24) is 5.48 Å². The second-order valence-corrected chi connectivity index (χ2v) is 5.91. The van der Waals surface area contributed by atoms with Gasteiger partial charge in [0.2, 0.25) is 11.8 Å². The van der Waals surface area contributed by atoms with Crippen LogP contribution in [-0.4, -0.2) is 23.6 Å². The third kappa shape index (κ3) is 5.72. The summed E-state index contributed by atoms with van der Waals surface area (Å²) in [4.78, 5) is 25.6. The average Bonchev–Trinajstić information content (AvgIpc) is 2.65. The summed E-state index contributed by atoms with van der Waals surface area (Å²) in [5.41, 5.74) is 4.48. The molecular formula is C20H24N2O3. The fourth-order valence-electron chi connectivity index (χ4n) is 2.64. The molecule has 2 aromatic rings. The monoisotopic (exact) mass is 340 g/mol. The number of hydroxylamine groups is 1. The second-order valence-electron chi connectivity index (χ2n) is 5.91. The summed E-state index contributed by atoms with van der Waals surface area (Å²) in [5.74, 6) is -0.335. The lowest BCUT2D eigenvalue weighted by Crippen LogP contribution is -2.32. The van der Waals surface area contributed by atoms with Crippen molar-refractivity contribution in [2.45, 2.75) is 32.6 Å². The first-order valence-corrected chi connectivity index (χ1v) is 8.50. The Morgan fingerprint density at radius 1 is 1.00 bits per heavy atom. The number of amides is 2. The van der Waals surface area contributed by atoms with Gasteiger partial charge in [-0.2, -0.15) is 0 Å². The molecule has 0 radical (unpaired) electrons. The van der Waals surface area contributed by atoms with Crippen LogP contribution in [0.25, 0.3) is 0 Å². The smallest absolute Gasteiger partial charge is 0.243 e. The molecule has 0 aromatic heterocycles. The maximum atomic E-state index is 12.7. The number of rotatable bonds is 8. The summed E-state index contributed by atoms with van der Waals surface area (Å²) < 4.78 is 0. The zero-order chi connectivity index (χ0) is 18.1. The van der Waals surface area contributed by atoms with Gasteiger partial charge in [0, 0.05) is 18.7 Å². The van der Waals surface area contributed by atoms with E-state index >= 15 is 0 Å². The number of hydrogen-bond acceptors (Lipinski definition) is 3. The lowest BCUT2D eigenvalue weighted by Gasteiger charge is -2.22. The molecule has 2 amide bonds. The first kappa shape index (κ1) is 18.7. The second kappa shape index (κ2) is 9.59. The van der Waals surface area contributed by atoms with Crippen LogP contribution in [0.2, 0.25) is 0 Å². The highest BCUT2D eigenvalue weighted by atomic mass is 16.5. The molecule has 0 saturated heterocycles. The van der Waals surface area contributed by atoms with Crippen LogP contribution in [-0.2, 0) is 22.4 Å². The van der Waals surface area contributed by atoms with E-state index in [9.17, 15) is 9.59 Å². The fraction of sp³-hybridized carbons (Fsp3) is 0.300. The van der Waals surface area contributed by atoms with Crippen molar-refractivity contribution in [2.24, 2.45) is 0 Å².